The van der Waals surface area contributed by atoms with Crippen molar-refractivity contribution >= 4 is 34.7 Å². The molecule has 0 saturated carbocycles. The molecule has 144 valence electrons. The van der Waals surface area contributed by atoms with Crippen molar-refractivity contribution in [1.29, 1.82) is 0 Å². The summed E-state index contributed by atoms with van der Waals surface area (Å²) >= 11 is 0. The Bertz CT molecular complexity index is 962. The van der Waals surface area contributed by atoms with Gasteiger partial charge in [0, 0.05) is 19.3 Å². The molecule has 1 aromatic heterocycles. The second kappa shape index (κ2) is 8.39. The highest BCUT2D eigenvalue weighted by Gasteiger charge is 2.21. The number of nitrogen functional groups attached to an aromatic ring is 1. The van der Waals surface area contributed by atoms with Crippen LogP contribution in [0.3, 0.4) is 0 Å². The molecule has 28 heavy (non-hydrogen) atoms. The van der Waals surface area contributed by atoms with Crippen LogP contribution in [0.15, 0.2) is 60.9 Å². The van der Waals surface area contributed by atoms with Gasteiger partial charge in [-0.2, -0.15) is 0 Å². The van der Waals surface area contributed by atoms with Gasteiger partial charge >= 0.3 is 5.97 Å². The van der Waals surface area contributed by atoms with Crippen LogP contribution in [-0.2, 0) is 4.74 Å². The van der Waals surface area contributed by atoms with Crippen LogP contribution < -0.4 is 15.5 Å². The van der Waals surface area contributed by atoms with Gasteiger partial charge in [0.05, 0.1) is 18.4 Å². The number of hydrogen-bond acceptors (Lipinski definition) is 7. The van der Waals surface area contributed by atoms with Crippen LogP contribution in [-0.4, -0.2) is 36.6 Å². The highest BCUT2D eigenvalue weighted by atomic mass is 16.5. The summed E-state index contributed by atoms with van der Waals surface area (Å²) < 4.78 is 4.89. The van der Waals surface area contributed by atoms with E-state index in [1.54, 1.807) is 17.0 Å². The lowest BCUT2D eigenvalue weighted by Crippen LogP contribution is -2.22. The molecule has 7 nitrogen and oxygen atoms in total. The molecule has 0 bridgehead atoms. The van der Waals surface area contributed by atoms with E-state index < -0.39 is 5.97 Å². The summed E-state index contributed by atoms with van der Waals surface area (Å²) in [5.41, 5.74) is 8.96. The monoisotopic (exact) mass is 377 g/mol. The summed E-state index contributed by atoms with van der Waals surface area (Å²) in [6.45, 7) is 2.72. The lowest BCUT2D eigenvalue weighted by Gasteiger charge is -2.27. The molecule has 1 heterocycles. The lowest BCUT2D eigenvalue weighted by atomic mass is 10.1. The Morgan fingerprint density at radius 3 is 2.36 bits per heavy atom. The minimum Gasteiger partial charge on any atom is -0.465 e. The Balaban J connectivity index is 2.06. The molecule has 0 radical (unpaired) electrons. The minimum absolute atomic E-state index is 0.422. The average Bonchev–Trinajstić information content (AvgIpc) is 2.75. The first-order chi connectivity index (χ1) is 13.6. The first kappa shape index (κ1) is 19.2. The number of para-hydroxylation sites is 2. The number of rotatable bonds is 6. The Morgan fingerprint density at radius 1 is 1.04 bits per heavy atom. The molecular weight excluding hydrogens is 354 g/mol. The molecule has 7 heteroatoms. The molecule has 0 amide bonds. The van der Waals surface area contributed by atoms with Crippen molar-refractivity contribution in [3.8, 4) is 0 Å². The van der Waals surface area contributed by atoms with Crippen molar-refractivity contribution in [1.82, 2.24) is 9.97 Å². The normalized spacial score (nSPS) is 10.4. The summed E-state index contributed by atoms with van der Waals surface area (Å²) in [6, 6.07) is 17.1. The van der Waals surface area contributed by atoms with Crippen LogP contribution in [0, 0.1) is 0 Å². The summed E-state index contributed by atoms with van der Waals surface area (Å²) in [7, 11) is 3.16. The number of nitrogens with two attached hydrogens (primary N) is 1. The zero-order chi connectivity index (χ0) is 20.1. The number of nitrogens with zero attached hydrogens (tertiary/aromatic N) is 4. The second-order valence-electron chi connectivity index (χ2n) is 6.08. The van der Waals surface area contributed by atoms with E-state index in [9.17, 15) is 4.79 Å². The van der Waals surface area contributed by atoms with Crippen molar-refractivity contribution in [3.63, 3.8) is 0 Å². The van der Waals surface area contributed by atoms with Crippen molar-refractivity contribution in [2.45, 2.75) is 6.92 Å². The predicted molar refractivity (Wildman–Crippen MR) is 111 cm³/mol. The molecule has 3 rings (SSSR count). The van der Waals surface area contributed by atoms with Gasteiger partial charge < -0.3 is 20.3 Å². The van der Waals surface area contributed by atoms with Crippen molar-refractivity contribution in [2.24, 2.45) is 0 Å². The van der Waals surface area contributed by atoms with Crippen LogP contribution in [0.2, 0.25) is 0 Å². The summed E-state index contributed by atoms with van der Waals surface area (Å²) in [6.07, 6.45) is 1.48. The molecule has 0 fully saturated rings. The third-order valence-corrected chi connectivity index (χ3v) is 4.47. The van der Waals surface area contributed by atoms with Gasteiger partial charge in [0.25, 0.3) is 0 Å². The quantitative estimate of drug-likeness (QED) is 0.655. The van der Waals surface area contributed by atoms with Crippen LogP contribution >= 0.6 is 0 Å². The standard InChI is InChI=1S/C21H23N5O2/c1-4-26(15-10-6-5-7-11-15)20-18(22)19(23-14-24-20)25(2)17-13-9-8-12-16(17)21(27)28-3/h5-14H,4,22H2,1-3H3. The summed E-state index contributed by atoms with van der Waals surface area (Å²) in [4.78, 5) is 24.7. The van der Waals surface area contributed by atoms with E-state index in [-0.39, 0.29) is 0 Å². The summed E-state index contributed by atoms with van der Waals surface area (Å²) in [5, 5.41) is 0. The number of methoxy groups -OCH3 is 1. The average molecular weight is 377 g/mol. The smallest absolute Gasteiger partial charge is 0.339 e. The molecular formula is C21H23N5O2. The van der Waals surface area contributed by atoms with Gasteiger partial charge in [-0.15, -0.1) is 0 Å². The molecule has 0 saturated heterocycles. The van der Waals surface area contributed by atoms with Crippen LogP contribution in [0.5, 0.6) is 0 Å². The number of anilines is 5. The van der Waals surface area contributed by atoms with Crippen molar-refractivity contribution in [3.05, 3.63) is 66.5 Å². The number of carbonyl (C=O) groups excluding carboxylic acids is 1. The first-order valence-electron chi connectivity index (χ1n) is 8.92. The minimum atomic E-state index is -0.422. The van der Waals surface area contributed by atoms with Gasteiger partial charge in [-0.3, -0.25) is 0 Å². The molecule has 3 aromatic rings. The fourth-order valence-corrected chi connectivity index (χ4v) is 3.09. The number of ether oxygens (including phenoxy) is 1. The molecule has 0 atom stereocenters. The van der Waals surface area contributed by atoms with Gasteiger partial charge in [0.15, 0.2) is 11.6 Å². The molecule has 2 aromatic carbocycles. The third kappa shape index (κ3) is 3.59. The molecule has 2 N–H and O–H groups in total. The predicted octanol–water partition coefficient (Wildman–Crippen LogP) is 3.77. The van der Waals surface area contributed by atoms with Crippen LogP contribution in [0.1, 0.15) is 17.3 Å². The molecule has 0 unspecified atom stereocenters. The number of aromatic nitrogens is 2. The first-order valence-corrected chi connectivity index (χ1v) is 8.92. The van der Waals surface area contributed by atoms with E-state index in [1.165, 1.54) is 13.4 Å². The molecule has 0 aliphatic carbocycles. The van der Waals surface area contributed by atoms with Gasteiger partial charge in [0.2, 0.25) is 0 Å². The maximum absolute atomic E-state index is 12.1. The van der Waals surface area contributed by atoms with Crippen molar-refractivity contribution in [2.75, 3.05) is 36.2 Å². The fraction of sp³-hybridized carbons (Fsp3) is 0.190. The van der Waals surface area contributed by atoms with E-state index in [4.69, 9.17) is 10.5 Å². The van der Waals surface area contributed by atoms with Crippen LogP contribution in [0.4, 0.5) is 28.7 Å². The topological polar surface area (TPSA) is 84.6 Å². The Labute approximate surface area is 164 Å². The second-order valence-corrected chi connectivity index (χ2v) is 6.08. The Hall–Kier alpha value is -3.61. The zero-order valence-electron chi connectivity index (χ0n) is 16.2. The molecule has 0 aliphatic heterocycles. The van der Waals surface area contributed by atoms with Gasteiger partial charge in [-0.1, -0.05) is 30.3 Å². The summed E-state index contributed by atoms with van der Waals surface area (Å²) in [5.74, 6) is 0.701. The Morgan fingerprint density at radius 2 is 1.68 bits per heavy atom. The SMILES string of the molecule is CCN(c1ccccc1)c1ncnc(N(C)c2ccccc2C(=O)OC)c1N. The van der Waals surface area contributed by atoms with E-state index >= 15 is 0 Å². The maximum atomic E-state index is 12.1. The zero-order valence-corrected chi connectivity index (χ0v) is 16.2. The highest BCUT2D eigenvalue weighted by molar-refractivity contribution is 5.97. The molecule has 0 spiro atoms. The highest BCUT2D eigenvalue weighted by Crippen LogP contribution is 2.36. The van der Waals surface area contributed by atoms with Crippen LogP contribution in [0.25, 0.3) is 0 Å². The van der Waals surface area contributed by atoms with E-state index in [0.717, 1.165) is 5.69 Å². The van der Waals surface area contributed by atoms with E-state index in [1.807, 2.05) is 61.3 Å². The fourth-order valence-electron chi connectivity index (χ4n) is 3.09. The lowest BCUT2D eigenvalue weighted by molar-refractivity contribution is 0.0601. The number of esters is 1. The van der Waals surface area contributed by atoms with Gasteiger partial charge in [-0.25, -0.2) is 14.8 Å². The largest absolute Gasteiger partial charge is 0.465 e. The molecule has 0 aliphatic rings. The Kier molecular flexibility index (Phi) is 5.74. The number of carbonyl (C=O) groups is 1. The van der Waals surface area contributed by atoms with Crippen molar-refractivity contribution < 1.29 is 9.53 Å². The van der Waals surface area contributed by atoms with E-state index in [2.05, 4.69) is 9.97 Å². The number of hydrogen-bond donors (Lipinski definition) is 1. The van der Waals surface area contributed by atoms with Gasteiger partial charge in [0.1, 0.15) is 12.0 Å². The third-order valence-electron chi connectivity index (χ3n) is 4.47. The van der Waals surface area contributed by atoms with E-state index in [0.29, 0.717) is 35.1 Å². The van der Waals surface area contributed by atoms with Gasteiger partial charge in [-0.05, 0) is 31.2 Å². The maximum Gasteiger partial charge on any atom is 0.339 e. The number of benzene rings is 2.